The molecule has 0 aromatic carbocycles. The zero-order valence-electron chi connectivity index (χ0n) is 65.3. The lowest BCUT2D eigenvalue weighted by Gasteiger charge is -2.25. The highest BCUT2D eigenvalue weighted by Gasteiger charge is 2.66. The summed E-state index contributed by atoms with van der Waals surface area (Å²) in [6, 6.07) is 1.79. The number of rotatable bonds is 32. The minimum atomic E-state index is -5.85. The Hall–Kier alpha value is -4.98. The molecule has 0 saturated carbocycles. The van der Waals surface area contributed by atoms with Crippen LogP contribution in [0.3, 0.4) is 0 Å². The third-order valence-corrected chi connectivity index (χ3v) is 32.0. The van der Waals surface area contributed by atoms with Crippen LogP contribution >= 0.6 is 140 Å². The van der Waals surface area contributed by atoms with Gasteiger partial charge in [-0.25, -0.2) is 91.5 Å². The van der Waals surface area contributed by atoms with Crippen molar-refractivity contribution < 1.29 is 243 Å². The van der Waals surface area contributed by atoms with Crippen molar-refractivity contribution in [3.63, 3.8) is 0 Å². The fourth-order valence-electron chi connectivity index (χ4n) is 11.3. The lowest BCUT2D eigenvalue weighted by atomic mass is 9.95. The Morgan fingerprint density at radius 1 is 0.343 bits per heavy atom. The van der Waals surface area contributed by atoms with Gasteiger partial charge in [-0.3, -0.25) is 66.3 Å². The number of aliphatic hydroxyl groups excluding tert-OH is 4. The lowest BCUT2D eigenvalue weighted by molar-refractivity contribution is -0.0830. The number of alkyl halides is 4. The van der Waals surface area contributed by atoms with Crippen molar-refractivity contribution in [1.82, 2.24) is 48.6 Å². The van der Waals surface area contributed by atoms with E-state index in [4.69, 9.17) is 104 Å². The van der Waals surface area contributed by atoms with E-state index in [9.17, 15) is 153 Å². The molecule has 4 aromatic rings. The summed E-state index contributed by atoms with van der Waals surface area (Å²) in [5, 5.41) is 55.1. The van der Waals surface area contributed by atoms with Gasteiger partial charge in [0.25, 0.3) is 22.2 Å². The van der Waals surface area contributed by atoms with Gasteiger partial charge in [0.15, 0.2) is 12.5 Å². The number of hydrogen-bond acceptors (Lipinski definition) is 42. The number of ether oxygens (including phenoxy) is 4. The van der Waals surface area contributed by atoms with Gasteiger partial charge in [0.1, 0.15) is 61.2 Å². The molecular weight excluding hydrogens is 2200 g/mol. The molecule has 4 aliphatic rings. The number of H-pyrrole nitrogens is 4. The van der Waals surface area contributed by atoms with Crippen molar-refractivity contribution >= 4 is 140 Å². The van der Waals surface area contributed by atoms with E-state index in [2.05, 4.69) is 62.8 Å². The number of nitrogens with one attached hydrogen (secondary N) is 4. The smallest absolute Gasteiger partial charge is 0.386 e. The Morgan fingerprint density at radius 2 is 0.537 bits per heavy atom. The van der Waals surface area contributed by atoms with Crippen LogP contribution < -0.4 is 45.0 Å². The molecular formula is C48H62Cl4F4N10O56P12. The Morgan fingerprint density at radius 3 is 0.724 bits per heavy atom. The molecule has 4 saturated heterocycles. The van der Waals surface area contributed by atoms with E-state index in [1.54, 1.807) is 43.3 Å². The predicted molar refractivity (Wildman–Crippen MR) is 418 cm³/mol. The minimum absolute atomic E-state index is 0.134. The average Bonchev–Trinajstić information content (AvgIpc) is 1.60. The highest BCUT2D eigenvalue weighted by Crippen LogP contribution is 2.71. The van der Waals surface area contributed by atoms with Crippen LogP contribution in [0, 0.1) is 59.0 Å². The number of phosphoric ester groups is 4. The largest absolute Gasteiger partial charge is 0.490 e. The number of hydrogen-bond donors (Lipinski definition) is 24. The maximum absolute atomic E-state index is 15.7. The quantitative estimate of drug-likeness (QED) is 0.0133. The molecule has 86 heteroatoms. The number of nitrogens with zero attached hydrogens (tertiary/aromatic N) is 6. The molecule has 66 nitrogen and oxygen atoms in total. The van der Waals surface area contributed by atoms with E-state index in [1.807, 2.05) is 21.8 Å². The third kappa shape index (κ3) is 32.5. The molecule has 4 aliphatic heterocycles. The summed E-state index contributed by atoms with van der Waals surface area (Å²) in [5.74, 6) is 7.12. The fraction of sp³-hybridized carbons (Fsp3) is 0.542. The molecule has 8 heterocycles. The van der Waals surface area contributed by atoms with Crippen LogP contribution in [0.15, 0.2) is 62.9 Å². The number of aromatic amines is 4. The maximum atomic E-state index is 15.7. The van der Waals surface area contributed by atoms with Gasteiger partial charge in [-0.1, -0.05) is 0 Å². The first-order chi connectivity index (χ1) is 60.4. The van der Waals surface area contributed by atoms with Crippen molar-refractivity contribution in [2.75, 3.05) is 0 Å². The number of phosphoric acid groups is 12. The van der Waals surface area contributed by atoms with E-state index in [-0.39, 0.29) is 20.8 Å². The Bertz CT molecular complexity index is 6120. The monoisotopic (exact) mass is 2260 g/mol. The summed E-state index contributed by atoms with van der Waals surface area (Å²) in [4.78, 5) is 244. The molecule has 0 spiro atoms. The van der Waals surface area contributed by atoms with Crippen LogP contribution in [-0.2, 0) is 126 Å². The summed E-state index contributed by atoms with van der Waals surface area (Å²) in [5.41, 5.74) is -21.5. The lowest BCUT2D eigenvalue weighted by Crippen LogP contribution is -2.46. The summed E-state index contributed by atoms with van der Waals surface area (Å²) >= 11 is 21.0. The zero-order valence-corrected chi connectivity index (χ0v) is 79.0. The van der Waals surface area contributed by atoms with Crippen molar-refractivity contribution in [3.8, 4) is 45.2 Å². The standard InChI is InChI=1S/2C13H17ClFN2O14P3.2C11H14ClFN3O14P3/c2*1-6-5-8(18)16-12(20)17(6)11-13(15,3-4-14)10(19)9(28-11)7(2)29-33(24,25)31-34(26,27)30-32(21,22)23;2*1-5(28-32(23,24)30-33(25,26)29-31(20,21)22)7-8(18)11(13,2-3-12)9(27-7)16-10(19)15-6(17)4-14-16/h2*5,7,9-11,19H,1-2H3,(H,24,25)(H,26,27)(H,16,18,20)(H2,21,22,23);2*4-5,7-9,18H,1H3,(H,23,24)(H,25,26)(H,15,17,19)(H2,20,21,22)/t7-,9+,10-,11+,13?;7-,9-,10+,11-,13?;5-,7+,8-,9+,11?;5-,7-,8+,9-,11?/m0101/s1. The normalized spacial score (nSPS) is 29.7. The first-order valence-electron chi connectivity index (χ1n) is 33.4. The predicted octanol–water partition coefficient (Wildman–Crippen LogP) is -2.85. The van der Waals surface area contributed by atoms with Gasteiger partial charge in [0.2, 0.25) is 35.1 Å². The van der Waals surface area contributed by atoms with E-state index in [0.29, 0.717) is 21.5 Å². The van der Waals surface area contributed by atoms with Crippen molar-refractivity contribution in [2.24, 2.45) is 0 Å². The Kier molecular flexibility index (Phi) is 39.8. The first-order valence-corrected chi connectivity index (χ1v) is 53.0. The van der Waals surface area contributed by atoms with Gasteiger partial charge in [-0.15, -0.1) is 0 Å². The van der Waals surface area contributed by atoms with Gasteiger partial charge >= 0.3 is 117 Å². The number of aryl methyl sites for hydroxylation is 2. The molecule has 28 atom stereocenters. The van der Waals surface area contributed by atoms with Crippen LogP contribution in [0.2, 0.25) is 0 Å². The van der Waals surface area contributed by atoms with Crippen LogP contribution in [0.4, 0.5) is 17.6 Å². The third-order valence-electron chi connectivity index (χ3n) is 15.9. The summed E-state index contributed by atoms with van der Waals surface area (Å²) in [7, 11) is -68.7. The SMILES string of the molecule is C[C@@H](OP(=O)(O)OP(=O)(O)OP(=O)(O)O)[C@H]1O[C@@H](n2ncc(=O)[nH]c2=O)C(F)(C#CCl)[C@H]1O.C[C@H](OP(=O)(O)OP(=O)(O)OP(=O)(O)O)[C@H]1O[C@@H](n2ncc(=O)[nH]c2=O)C(F)(C#CCl)[C@H]1O.Cc1cc(=O)[nH]c(=O)n1[C@@H]1O[C@H]([C@@H](C)OP(=O)(O)OP(=O)(O)OP(=O)(O)O)[C@H](O)C1(F)C#CCl.Cc1cc(=O)[nH]c(=O)n1[C@@H]1O[C@H]([C@H](C)OP(=O)(O)OP(=O)(O)OP(=O)(O)O)[C@H](O)C1(F)C#CCl. The highest BCUT2D eigenvalue weighted by molar-refractivity contribution is 7.68. The molecule has 134 heavy (non-hydrogen) atoms. The van der Waals surface area contributed by atoms with Crippen molar-refractivity contribution in [2.45, 2.75) is 162 Å². The van der Waals surface area contributed by atoms with Gasteiger partial charge in [0, 0.05) is 45.0 Å². The summed E-state index contributed by atoms with van der Waals surface area (Å²) < 4.78 is 268. The van der Waals surface area contributed by atoms with E-state index in [1.165, 1.54) is 13.8 Å². The summed E-state index contributed by atoms with van der Waals surface area (Å²) in [6.07, 6.45) is -32.0. The molecule has 4 aromatic heterocycles. The highest BCUT2D eigenvalue weighted by atomic mass is 35.5. The molecule has 4 fully saturated rings. The van der Waals surface area contributed by atoms with Gasteiger partial charge < -0.3 is 118 Å². The van der Waals surface area contributed by atoms with Crippen molar-refractivity contribution in [1.29, 1.82) is 0 Å². The second-order valence-corrected chi connectivity index (χ2v) is 44.1. The number of aromatic nitrogens is 10. The molecule has 12 unspecified atom stereocenters. The molecule has 0 amide bonds. The second kappa shape index (κ2) is 44.7. The van der Waals surface area contributed by atoms with Gasteiger partial charge in [-0.05, 0) is 112 Å². The van der Waals surface area contributed by atoms with Crippen LogP contribution in [-0.4, -0.2) is 243 Å². The van der Waals surface area contributed by atoms with Crippen molar-refractivity contribution in [3.05, 3.63) is 119 Å². The van der Waals surface area contributed by atoms with Gasteiger partial charge in [0.05, 0.1) is 24.4 Å². The average molecular weight is 2260 g/mol. The number of halogens is 8. The molecule has 756 valence electrons. The molecule has 0 aliphatic carbocycles. The Balaban J connectivity index is 0.000000316. The number of aliphatic hydroxyl groups is 4. The minimum Gasteiger partial charge on any atom is -0.386 e. The molecule has 0 bridgehead atoms. The van der Waals surface area contributed by atoms with E-state index >= 15 is 17.6 Å². The van der Waals surface area contributed by atoms with Gasteiger partial charge in [-0.2, -0.15) is 54.0 Å². The molecule has 24 N–H and O–H groups in total. The second-order valence-electron chi connectivity index (χ2n) is 25.8. The van der Waals surface area contributed by atoms with Crippen LogP contribution in [0.1, 0.15) is 64.0 Å². The fourth-order valence-corrected chi connectivity index (χ4v) is 24.6. The van der Waals surface area contributed by atoms with E-state index < -0.39 is 260 Å². The Labute approximate surface area is 754 Å². The summed E-state index contributed by atoms with van der Waals surface area (Å²) in [6.45, 7) is 6.03. The topological polar surface area (TPSA) is 1000 Å². The van der Waals surface area contributed by atoms with Crippen LogP contribution in [0.5, 0.6) is 0 Å². The molecule has 0 radical (unpaired) electrons. The van der Waals surface area contributed by atoms with E-state index in [0.717, 1.165) is 39.8 Å². The zero-order chi connectivity index (χ0) is 103. The first kappa shape index (κ1) is 120. The maximum Gasteiger partial charge on any atom is 0.490 e. The molecule has 8 rings (SSSR count). The van der Waals surface area contributed by atoms with Crippen LogP contribution in [0.25, 0.3) is 0 Å².